The molecule has 4 nitrogen and oxygen atoms in total. The van der Waals surface area contributed by atoms with Gasteiger partial charge in [-0.15, -0.1) is 0 Å². The lowest BCUT2D eigenvalue weighted by Crippen LogP contribution is -2.45. The van der Waals surface area contributed by atoms with E-state index in [2.05, 4.69) is 22.5 Å². The van der Waals surface area contributed by atoms with Gasteiger partial charge < -0.3 is 15.5 Å². The molecule has 0 aliphatic carbocycles. The van der Waals surface area contributed by atoms with Crippen molar-refractivity contribution in [2.24, 2.45) is 0 Å². The zero-order valence-electron chi connectivity index (χ0n) is 12.2. The molecule has 1 atom stereocenters. The topological polar surface area (TPSA) is 44.4 Å². The van der Waals surface area contributed by atoms with Crippen LogP contribution in [0.3, 0.4) is 0 Å². The second kappa shape index (κ2) is 8.48. The van der Waals surface area contributed by atoms with Gasteiger partial charge in [0.2, 0.25) is 5.91 Å². The summed E-state index contributed by atoms with van der Waals surface area (Å²) in [7, 11) is 0. The molecule has 0 radical (unpaired) electrons. The van der Waals surface area contributed by atoms with Crippen molar-refractivity contribution in [3.05, 3.63) is 0 Å². The Bertz CT molecular complexity index is 235. The van der Waals surface area contributed by atoms with Crippen molar-refractivity contribution in [1.29, 1.82) is 0 Å². The Kier molecular flexibility index (Phi) is 7.28. The van der Waals surface area contributed by atoms with Gasteiger partial charge >= 0.3 is 0 Å². The Morgan fingerprint density at radius 2 is 1.72 bits per heavy atom. The smallest absolute Gasteiger partial charge is 0.234 e. The third-order valence-corrected chi connectivity index (χ3v) is 3.29. The summed E-state index contributed by atoms with van der Waals surface area (Å²) in [5.41, 5.74) is 0. The first-order chi connectivity index (χ1) is 8.58. The summed E-state index contributed by atoms with van der Waals surface area (Å²) in [6.07, 6.45) is 5.38. The number of amides is 1. The van der Waals surface area contributed by atoms with E-state index in [1.165, 1.54) is 38.8 Å². The number of likely N-dealkylation sites (tertiary alicyclic amines) is 1. The Balaban J connectivity index is 2.15. The van der Waals surface area contributed by atoms with Gasteiger partial charge in [0.1, 0.15) is 0 Å². The van der Waals surface area contributed by atoms with Crippen molar-refractivity contribution in [3.63, 3.8) is 0 Å². The van der Waals surface area contributed by atoms with Gasteiger partial charge in [0.15, 0.2) is 0 Å². The van der Waals surface area contributed by atoms with Crippen LogP contribution in [0.5, 0.6) is 0 Å². The van der Waals surface area contributed by atoms with Crippen LogP contribution in [-0.2, 0) is 4.79 Å². The fourth-order valence-electron chi connectivity index (χ4n) is 2.41. The molecule has 0 aromatic heterocycles. The van der Waals surface area contributed by atoms with Gasteiger partial charge in [-0.1, -0.05) is 12.8 Å². The first-order valence-electron chi connectivity index (χ1n) is 7.33. The molecule has 2 N–H and O–H groups in total. The van der Waals surface area contributed by atoms with Gasteiger partial charge in [0.25, 0.3) is 0 Å². The Labute approximate surface area is 111 Å². The average Bonchev–Trinajstić information content (AvgIpc) is 2.54. The van der Waals surface area contributed by atoms with Crippen molar-refractivity contribution in [3.8, 4) is 0 Å². The zero-order chi connectivity index (χ0) is 13.4. The van der Waals surface area contributed by atoms with Gasteiger partial charge in [0, 0.05) is 18.6 Å². The number of nitrogens with zero attached hydrogens (tertiary/aromatic N) is 1. The second-order valence-corrected chi connectivity index (χ2v) is 5.72. The van der Waals surface area contributed by atoms with Crippen LogP contribution in [0.15, 0.2) is 0 Å². The van der Waals surface area contributed by atoms with Crippen LogP contribution >= 0.6 is 0 Å². The monoisotopic (exact) mass is 255 g/mol. The summed E-state index contributed by atoms with van der Waals surface area (Å²) < 4.78 is 0. The van der Waals surface area contributed by atoms with Gasteiger partial charge in [-0.2, -0.15) is 0 Å². The van der Waals surface area contributed by atoms with Crippen molar-refractivity contribution in [2.45, 2.75) is 58.5 Å². The molecule has 0 spiro atoms. The third-order valence-electron chi connectivity index (χ3n) is 3.29. The quantitative estimate of drug-likeness (QED) is 0.753. The van der Waals surface area contributed by atoms with Gasteiger partial charge in [0.05, 0.1) is 6.54 Å². The highest BCUT2D eigenvalue weighted by Gasteiger charge is 2.13. The second-order valence-electron chi connectivity index (χ2n) is 5.72. The molecule has 1 amide bonds. The molecule has 0 saturated carbocycles. The van der Waals surface area contributed by atoms with Gasteiger partial charge in [-0.05, 0) is 46.7 Å². The summed E-state index contributed by atoms with van der Waals surface area (Å²) in [6.45, 7) is 10.0. The summed E-state index contributed by atoms with van der Waals surface area (Å²) in [5.74, 6) is 0.0905. The fraction of sp³-hybridized carbons (Fsp3) is 0.929. The first kappa shape index (κ1) is 15.4. The molecule has 4 heteroatoms. The van der Waals surface area contributed by atoms with Crippen molar-refractivity contribution in [2.75, 3.05) is 26.2 Å². The van der Waals surface area contributed by atoms with E-state index in [0.29, 0.717) is 12.6 Å². The summed E-state index contributed by atoms with van der Waals surface area (Å²) in [6, 6.07) is 0.598. The van der Waals surface area contributed by atoms with Crippen molar-refractivity contribution < 1.29 is 4.79 Å². The lowest BCUT2D eigenvalue weighted by molar-refractivity contribution is -0.120. The number of hydrogen-bond acceptors (Lipinski definition) is 3. The number of nitrogens with one attached hydrogen (secondary N) is 2. The van der Waals surface area contributed by atoms with Crippen LogP contribution in [0.4, 0.5) is 0 Å². The van der Waals surface area contributed by atoms with Crippen LogP contribution in [-0.4, -0.2) is 49.1 Å². The number of hydrogen-bond donors (Lipinski definition) is 2. The summed E-state index contributed by atoms with van der Waals surface area (Å²) >= 11 is 0. The highest BCUT2D eigenvalue weighted by Crippen LogP contribution is 2.09. The molecule has 1 rings (SSSR count). The van der Waals surface area contributed by atoms with Gasteiger partial charge in [-0.25, -0.2) is 0 Å². The SMILES string of the molecule is CC(C)NC(=O)CNC(C)CN1CCCCCC1. The van der Waals surface area contributed by atoms with Crippen molar-refractivity contribution in [1.82, 2.24) is 15.5 Å². The molecule has 18 heavy (non-hydrogen) atoms. The van der Waals surface area contributed by atoms with Gasteiger partial charge in [-0.3, -0.25) is 4.79 Å². The fourth-order valence-corrected chi connectivity index (χ4v) is 2.41. The van der Waals surface area contributed by atoms with E-state index in [0.717, 1.165) is 6.54 Å². The predicted octanol–water partition coefficient (Wildman–Crippen LogP) is 1.37. The summed E-state index contributed by atoms with van der Waals surface area (Å²) in [4.78, 5) is 14.0. The lowest BCUT2D eigenvalue weighted by Gasteiger charge is -2.24. The Morgan fingerprint density at radius 1 is 1.11 bits per heavy atom. The highest BCUT2D eigenvalue weighted by molar-refractivity contribution is 5.78. The average molecular weight is 255 g/mol. The zero-order valence-corrected chi connectivity index (χ0v) is 12.2. The van der Waals surface area contributed by atoms with Crippen LogP contribution in [0.1, 0.15) is 46.5 Å². The minimum absolute atomic E-state index is 0.0905. The molecular weight excluding hydrogens is 226 g/mol. The van der Waals surface area contributed by atoms with E-state index in [9.17, 15) is 4.79 Å². The Hall–Kier alpha value is -0.610. The molecule has 1 unspecified atom stereocenters. The highest BCUT2D eigenvalue weighted by atomic mass is 16.1. The normalized spacial score (nSPS) is 19.6. The number of rotatable bonds is 6. The van der Waals surface area contributed by atoms with E-state index in [-0.39, 0.29) is 11.9 Å². The molecule has 1 saturated heterocycles. The molecule has 0 aromatic rings. The molecule has 0 bridgehead atoms. The molecule has 1 heterocycles. The van der Waals surface area contributed by atoms with Crippen LogP contribution in [0, 0.1) is 0 Å². The standard InChI is InChI=1S/C14H29N3O/c1-12(2)16-14(18)10-15-13(3)11-17-8-6-4-5-7-9-17/h12-13,15H,4-11H2,1-3H3,(H,16,18). The Morgan fingerprint density at radius 3 is 2.28 bits per heavy atom. The molecule has 1 fully saturated rings. The maximum absolute atomic E-state index is 11.5. The molecular formula is C14H29N3O. The summed E-state index contributed by atoms with van der Waals surface area (Å²) in [5, 5.41) is 6.20. The predicted molar refractivity (Wildman–Crippen MR) is 75.7 cm³/mol. The van der Waals surface area contributed by atoms with Crippen LogP contribution < -0.4 is 10.6 Å². The van der Waals surface area contributed by atoms with E-state index in [4.69, 9.17) is 0 Å². The first-order valence-corrected chi connectivity index (χ1v) is 7.33. The van der Waals surface area contributed by atoms with E-state index in [1.54, 1.807) is 0 Å². The molecule has 1 aliphatic heterocycles. The molecule has 1 aliphatic rings. The molecule has 0 aromatic carbocycles. The maximum Gasteiger partial charge on any atom is 0.234 e. The van der Waals surface area contributed by atoms with Crippen LogP contribution in [0.25, 0.3) is 0 Å². The largest absolute Gasteiger partial charge is 0.353 e. The third kappa shape index (κ3) is 6.97. The lowest BCUT2D eigenvalue weighted by atomic mass is 10.2. The van der Waals surface area contributed by atoms with E-state index >= 15 is 0 Å². The van der Waals surface area contributed by atoms with Crippen LogP contribution in [0.2, 0.25) is 0 Å². The number of carbonyl (C=O) groups excluding carboxylic acids is 1. The number of carbonyl (C=O) groups is 1. The van der Waals surface area contributed by atoms with E-state index < -0.39 is 0 Å². The van der Waals surface area contributed by atoms with Crippen molar-refractivity contribution >= 4 is 5.91 Å². The minimum Gasteiger partial charge on any atom is -0.353 e. The minimum atomic E-state index is 0.0905. The van der Waals surface area contributed by atoms with E-state index in [1.807, 2.05) is 13.8 Å². The maximum atomic E-state index is 11.5. The molecule has 106 valence electrons.